The first-order valence-corrected chi connectivity index (χ1v) is 9.93. The van der Waals surface area contributed by atoms with Gasteiger partial charge in [-0.15, -0.1) is 0 Å². The van der Waals surface area contributed by atoms with Crippen LogP contribution in [0.15, 0.2) is 59.9 Å². The van der Waals surface area contributed by atoms with E-state index in [2.05, 4.69) is 15.3 Å². The normalized spacial score (nSPS) is 10.6. The van der Waals surface area contributed by atoms with E-state index in [4.69, 9.17) is 27.9 Å². The number of imidazole rings is 1. The predicted octanol–water partition coefficient (Wildman–Crippen LogP) is 4.67. The highest BCUT2D eigenvalue weighted by molar-refractivity contribution is 7.99. The summed E-state index contributed by atoms with van der Waals surface area (Å²) in [6, 6.07) is 14.4. The molecule has 27 heavy (non-hydrogen) atoms. The number of hydrogen-bond acceptors (Lipinski definition) is 4. The molecule has 0 aliphatic rings. The first kappa shape index (κ1) is 19.6. The highest BCUT2D eigenvalue weighted by atomic mass is 35.5. The highest BCUT2D eigenvalue weighted by Crippen LogP contribution is 2.22. The minimum atomic E-state index is -0.174. The van der Waals surface area contributed by atoms with Crippen molar-refractivity contribution >= 4 is 40.9 Å². The quantitative estimate of drug-likeness (QED) is 0.409. The van der Waals surface area contributed by atoms with Crippen molar-refractivity contribution in [3.63, 3.8) is 0 Å². The molecule has 3 aromatic rings. The summed E-state index contributed by atoms with van der Waals surface area (Å²) in [6.07, 6.45) is 1.78. The molecule has 0 atom stereocenters. The van der Waals surface area contributed by atoms with Crippen LogP contribution in [-0.4, -0.2) is 34.8 Å². The highest BCUT2D eigenvalue weighted by Gasteiger charge is 2.06. The molecule has 0 saturated carbocycles. The van der Waals surface area contributed by atoms with Gasteiger partial charge >= 0.3 is 0 Å². The number of amides is 1. The van der Waals surface area contributed by atoms with Crippen molar-refractivity contribution in [3.8, 4) is 17.0 Å². The molecular formula is C19H17Cl2N3O2S. The topological polar surface area (TPSA) is 67.0 Å². The Bertz CT molecular complexity index is 883. The fourth-order valence-corrected chi connectivity index (χ4v) is 3.18. The Morgan fingerprint density at radius 2 is 1.74 bits per heavy atom. The van der Waals surface area contributed by atoms with Gasteiger partial charge < -0.3 is 15.0 Å². The van der Waals surface area contributed by atoms with Crippen molar-refractivity contribution in [2.24, 2.45) is 0 Å². The van der Waals surface area contributed by atoms with Gasteiger partial charge in [0.25, 0.3) is 5.91 Å². The Balaban J connectivity index is 1.37. The summed E-state index contributed by atoms with van der Waals surface area (Å²) >= 11 is 13.2. The molecule has 1 amide bonds. The number of carbonyl (C=O) groups is 1. The lowest BCUT2D eigenvalue weighted by Gasteiger charge is -2.07. The summed E-state index contributed by atoms with van der Waals surface area (Å²) in [5, 5.41) is 4.93. The number of halogens is 2. The van der Waals surface area contributed by atoms with Crippen molar-refractivity contribution in [2.75, 3.05) is 18.9 Å². The molecular weight excluding hydrogens is 405 g/mol. The van der Waals surface area contributed by atoms with E-state index in [0.29, 0.717) is 28.1 Å². The number of aromatic nitrogens is 2. The van der Waals surface area contributed by atoms with Crippen LogP contribution in [0.1, 0.15) is 0 Å². The van der Waals surface area contributed by atoms with Crippen LogP contribution >= 0.6 is 35.0 Å². The van der Waals surface area contributed by atoms with Crippen LogP contribution in [0.3, 0.4) is 0 Å². The largest absolute Gasteiger partial charge is 0.484 e. The first-order chi connectivity index (χ1) is 13.1. The minimum Gasteiger partial charge on any atom is -0.484 e. The van der Waals surface area contributed by atoms with Crippen molar-refractivity contribution in [3.05, 3.63) is 64.8 Å². The molecule has 3 rings (SSSR count). The van der Waals surface area contributed by atoms with Gasteiger partial charge in [-0.05, 0) is 42.0 Å². The smallest absolute Gasteiger partial charge is 0.257 e. The zero-order valence-electron chi connectivity index (χ0n) is 14.2. The van der Waals surface area contributed by atoms with Crippen LogP contribution in [0.5, 0.6) is 5.75 Å². The van der Waals surface area contributed by atoms with Crippen LogP contribution in [0.4, 0.5) is 0 Å². The van der Waals surface area contributed by atoms with Crippen LogP contribution in [-0.2, 0) is 4.79 Å². The molecule has 0 aliphatic carbocycles. The Hall–Kier alpha value is -2.15. The van der Waals surface area contributed by atoms with Gasteiger partial charge in [0.15, 0.2) is 11.8 Å². The Morgan fingerprint density at radius 1 is 1.07 bits per heavy atom. The van der Waals surface area contributed by atoms with E-state index < -0.39 is 0 Å². The van der Waals surface area contributed by atoms with Crippen LogP contribution in [0.2, 0.25) is 10.0 Å². The number of thioether (sulfide) groups is 1. The molecule has 0 saturated heterocycles. The van der Waals surface area contributed by atoms with E-state index in [1.54, 1.807) is 30.5 Å². The van der Waals surface area contributed by atoms with E-state index in [0.717, 1.165) is 16.4 Å². The van der Waals surface area contributed by atoms with Crippen molar-refractivity contribution in [2.45, 2.75) is 5.16 Å². The second-order valence-electron chi connectivity index (χ2n) is 5.55. The number of nitrogens with zero attached hydrogens (tertiary/aromatic N) is 1. The second-order valence-corrected chi connectivity index (χ2v) is 7.51. The van der Waals surface area contributed by atoms with Crippen molar-refractivity contribution in [1.29, 1.82) is 0 Å². The van der Waals surface area contributed by atoms with E-state index in [1.807, 2.05) is 24.3 Å². The van der Waals surface area contributed by atoms with Crippen molar-refractivity contribution < 1.29 is 9.53 Å². The van der Waals surface area contributed by atoms with E-state index in [9.17, 15) is 4.79 Å². The van der Waals surface area contributed by atoms with Gasteiger partial charge in [0.1, 0.15) is 5.75 Å². The standard InChI is InChI=1S/C19H17Cl2N3O2S/c20-14-3-1-13(2-4-14)17-11-23-19(24-17)27-10-9-22-18(25)12-26-16-7-5-15(21)6-8-16/h1-8,11H,9-10,12H2,(H,22,25)(H,23,24). The summed E-state index contributed by atoms with van der Waals surface area (Å²) in [7, 11) is 0. The second kappa shape index (κ2) is 9.69. The minimum absolute atomic E-state index is 0.0340. The number of rotatable bonds is 8. The molecule has 5 nitrogen and oxygen atoms in total. The Labute approximate surface area is 171 Å². The summed E-state index contributed by atoms with van der Waals surface area (Å²) in [5.74, 6) is 1.13. The zero-order valence-corrected chi connectivity index (χ0v) is 16.6. The van der Waals surface area contributed by atoms with Gasteiger partial charge in [-0.2, -0.15) is 0 Å². The lowest BCUT2D eigenvalue weighted by Crippen LogP contribution is -2.30. The SMILES string of the molecule is O=C(COc1ccc(Cl)cc1)NCCSc1ncc(-c2ccc(Cl)cc2)[nH]1. The number of benzene rings is 2. The third kappa shape index (κ3) is 6.20. The molecule has 0 radical (unpaired) electrons. The van der Waals surface area contributed by atoms with Gasteiger partial charge in [0.2, 0.25) is 0 Å². The molecule has 0 aliphatic heterocycles. The van der Waals surface area contributed by atoms with Gasteiger partial charge in [-0.1, -0.05) is 47.1 Å². The molecule has 2 aromatic carbocycles. The lowest BCUT2D eigenvalue weighted by molar-refractivity contribution is -0.122. The maximum atomic E-state index is 11.8. The molecule has 1 heterocycles. The average molecular weight is 422 g/mol. The Kier molecular flexibility index (Phi) is 7.04. The molecule has 0 unspecified atom stereocenters. The third-order valence-corrected chi connectivity index (χ3v) is 4.95. The Morgan fingerprint density at radius 3 is 2.44 bits per heavy atom. The van der Waals surface area contributed by atoms with Crippen LogP contribution < -0.4 is 10.1 Å². The molecule has 0 fully saturated rings. The van der Waals surface area contributed by atoms with Gasteiger partial charge in [0.05, 0.1) is 11.9 Å². The van der Waals surface area contributed by atoms with E-state index in [-0.39, 0.29) is 12.5 Å². The fraction of sp³-hybridized carbons (Fsp3) is 0.158. The summed E-state index contributed by atoms with van der Waals surface area (Å²) in [5.41, 5.74) is 1.95. The predicted molar refractivity (Wildman–Crippen MR) is 110 cm³/mol. The molecule has 0 bridgehead atoms. The number of hydrogen-bond donors (Lipinski definition) is 2. The monoisotopic (exact) mass is 421 g/mol. The summed E-state index contributed by atoms with van der Waals surface area (Å²) in [6.45, 7) is 0.484. The average Bonchev–Trinajstić information content (AvgIpc) is 3.14. The molecule has 2 N–H and O–H groups in total. The third-order valence-electron chi connectivity index (χ3n) is 3.55. The molecule has 1 aromatic heterocycles. The summed E-state index contributed by atoms with van der Waals surface area (Å²) < 4.78 is 5.39. The molecule has 8 heteroatoms. The van der Waals surface area contributed by atoms with Crippen LogP contribution in [0, 0.1) is 0 Å². The summed E-state index contributed by atoms with van der Waals surface area (Å²) in [4.78, 5) is 19.4. The van der Waals surface area contributed by atoms with Gasteiger partial charge in [-0.3, -0.25) is 4.79 Å². The van der Waals surface area contributed by atoms with Crippen LogP contribution in [0.25, 0.3) is 11.3 Å². The van der Waals surface area contributed by atoms with Gasteiger partial charge in [-0.25, -0.2) is 4.98 Å². The number of ether oxygens (including phenoxy) is 1. The van der Waals surface area contributed by atoms with Crippen molar-refractivity contribution in [1.82, 2.24) is 15.3 Å². The van der Waals surface area contributed by atoms with E-state index >= 15 is 0 Å². The maximum absolute atomic E-state index is 11.8. The van der Waals surface area contributed by atoms with E-state index in [1.165, 1.54) is 11.8 Å². The fourth-order valence-electron chi connectivity index (χ4n) is 2.22. The number of nitrogens with one attached hydrogen (secondary N) is 2. The zero-order chi connectivity index (χ0) is 19.1. The number of H-pyrrole nitrogens is 1. The first-order valence-electron chi connectivity index (χ1n) is 8.19. The van der Waals surface area contributed by atoms with Gasteiger partial charge in [0, 0.05) is 22.3 Å². The lowest BCUT2D eigenvalue weighted by atomic mass is 10.2. The molecule has 0 spiro atoms. The molecule has 140 valence electrons. The number of aromatic amines is 1. The maximum Gasteiger partial charge on any atom is 0.257 e. The number of carbonyl (C=O) groups excluding carboxylic acids is 1.